The van der Waals surface area contributed by atoms with Gasteiger partial charge < -0.3 is 15.1 Å². The number of hydrogen-bond acceptors (Lipinski definition) is 5. The second-order valence-corrected chi connectivity index (χ2v) is 7.62. The van der Waals surface area contributed by atoms with Crippen molar-refractivity contribution in [2.45, 2.75) is 45.6 Å². The number of aromatic nitrogens is 2. The first-order valence-electron chi connectivity index (χ1n) is 9.49. The number of carbonyl (C=O) groups excluding carboxylic acids is 2. The third kappa shape index (κ3) is 4.38. The maximum absolute atomic E-state index is 12.5. The zero-order valence-corrected chi connectivity index (χ0v) is 16.0. The van der Waals surface area contributed by atoms with E-state index in [2.05, 4.69) is 15.3 Å². The molecule has 0 saturated carbocycles. The van der Waals surface area contributed by atoms with Crippen LogP contribution in [-0.4, -0.2) is 65.3 Å². The van der Waals surface area contributed by atoms with Crippen LogP contribution < -0.4 is 5.32 Å². The van der Waals surface area contributed by atoms with Gasteiger partial charge in [-0.3, -0.25) is 9.59 Å². The van der Waals surface area contributed by atoms with E-state index in [1.165, 1.54) is 18.4 Å². The topological polar surface area (TPSA) is 78.4 Å². The summed E-state index contributed by atoms with van der Waals surface area (Å²) >= 11 is 0. The average molecular weight is 359 g/mol. The van der Waals surface area contributed by atoms with Crippen LogP contribution >= 0.6 is 0 Å². The zero-order chi connectivity index (χ0) is 18.7. The number of likely N-dealkylation sites (tertiary alicyclic amines) is 1. The van der Waals surface area contributed by atoms with Crippen LogP contribution in [0.3, 0.4) is 0 Å². The molecule has 1 aromatic heterocycles. The molecule has 0 bridgehead atoms. The summed E-state index contributed by atoms with van der Waals surface area (Å²) < 4.78 is 0. The van der Waals surface area contributed by atoms with Crippen molar-refractivity contribution in [2.75, 3.05) is 33.7 Å². The summed E-state index contributed by atoms with van der Waals surface area (Å²) in [6.45, 7) is 4.33. The van der Waals surface area contributed by atoms with Gasteiger partial charge in [0.1, 0.15) is 5.82 Å². The van der Waals surface area contributed by atoms with Gasteiger partial charge in [-0.2, -0.15) is 0 Å². The van der Waals surface area contributed by atoms with Crippen molar-refractivity contribution in [3.05, 3.63) is 22.8 Å². The Hall–Kier alpha value is -2.02. The highest BCUT2D eigenvalue weighted by Gasteiger charge is 2.34. The van der Waals surface area contributed by atoms with Crippen LogP contribution in [0.2, 0.25) is 0 Å². The summed E-state index contributed by atoms with van der Waals surface area (Å²) in [5.41, 5.74) is 3.45. The number of fused-ring (bicyclic) bond motifs is 1. The van der Waals surface area contributed by atoms with Crippen molar-refractivity contribution >= 4 is 11.8 Å². The van der Waals surface area contributed by atoms with Gasteiger partial charge in [0, 0.05) is 37.4 Å². The molecule has 142 valence electrons. The zero-order valence-electron chi connectivity index (χ0n) is 16.0. The second kappa shape index (κ2) is 8.12. The van der Waals surface area contributed by atoms with E-state index in [9.17, 15) is 9.59 Å². The Kier molecular flexibility index (Phi) is 5.86. The van der Waals surface area contributed by atoms with Crippen molar-refractivity contribution in [3.63, 3.8) is 0 Å². The summed E-state index contributed by atoms with van der Waals surface area (Å²) in [7, 11) is 3.95. The van der Waals surface area contributed by atoms with Gasteiger partial charge in [-0.25, -0.2) is 9.97 Å². The first-order chi connectivity index (χ1) is 12.4. The molecule has 7 heteroatoms. The first-order valence-corrected chi connectivity index (χ1v) is 9.49. The average Bonchev–Trinajstić information content (AvgIpc) is 2.99. The molecular formula is C19H29N5O2. The molecular weight excluding hydrogens is 330 g/mol. The number of carbonyl (C=O) groups is 2. The van der Waals surface area contributed by atoms with Crippen molar-refractivity contribution in [2.24, 2.45) is 5.92 Å². The number of amides is 2. The Balaban J connectivity index is 1.54. The molecule has 2 heterocycles. The Morgan fingerprint density at radius 3 is 2.81 bits per heavy atom. The molecule has 2 amide bonds. The van der Waals surface area contributed by atoms with Gasteiger partial charge in [-0.05, 0) is 52.3 Å². The van der Waals surface area contributed by atoms with Crippen LogP contribution in [0.4, 0.5) is 0 Å². The molecule has 0 spiro atoms. The second-order valence-electron chi connectivity index (χ2n) is 7.62. The van der Waals surface area contributed by atoms with E-state index in [-0.39, 0.29) is 17.7 Å². The number of aryl methyl sites for hydroxylation is 2. The summed E-state index contributed by atoms with van der Waals surface area (Å²) in [4.78, 5) is 37.6. The number of hydrogen-bond donors (Lipinski definition) is 1. The Labute approximate surface area is 155 Å². The normalized spacial score (nSPS) is 19.8. The molecule has 7 nitrogen and oxygen atoms in total. The molecule has 1 fully saturated rings. The molecule has 1 aromatic rings. The minimum atomic E-state index is -0.275. The summed E-state index contributed by atoms with van der Waals surface area (Å²) in [6, 6.07) is 0. The predicted octanol–water partition coefficient (Wildman–Crippen LogP) is 0.690. The summed E-state index contributed by atoms with van der Waals surface area (Å²) in [5.74, 6) is 0.381. The lowest BCUT2D eigenvalue weighted by Crippen LogP contribution is -2.35. The van der Waals surface area contributed by atoms with Crippen LogP contribution in [0, 0.1) is 12.8 Å². The number of nitrogens with zero attached hydrogens (tertiary/aromatic N) is 4. The molecule has 0 aromatic carbocycles. The predicted molar refractivity (Wildman–Crippen MR) is 98.5 cm³/mol. The summed E-state index contributed by atoms with van der Waals surface area (Å²) in [5, 5.41) is 2.93. The number of likely N-dealkylation sites (N-methyl/N-ethyl adjacent to an activating group) is 1. The van der Waals surface area contributed by atoms with Crippen LogP contribution in [-0.2, 0) is 29.0 Å². The van der Waals surface area contributed by atoms with Gasteiger partial charge in [-0.1, -0.05) is 0 Å². The molecule has 2 aliphatic rings. The van der Waals surface area contributed by atoms with Gasteiger partial charge >= 0.3 is 0 Å². The Bertz CT molecular complexity index is 689. The van der Waals surface area contributed by atoms with Crippen LogP contribution in [0.15, 0.2) is 0 Å². The fourth-order valence-corrected chi connectivity index (χ4v) is 3.72. The van der Waals surface area contributed by atoms with Gasteiger partial charge in [0.15, 0.2) is 0 Å². The van der Waals surface area contributed by atoms with Gasteiger partial charge in [0.25, 0.3) is 0 Å². The molecule has 3 rings (SSSR count). The van der Waals surface area contributed by atoms with Crippen LogP contribution in [0.25, 0.3) is 0 Å². The fraction of sp³-hybridized carbons (Fsp3) is 0.684. The van der Waals surface area contributed by atoms with Gasteiger partial charge in [0.2, 0.25) is 11.8 Å². The lowest BCUT2D eigenvalue weighted by Gasteiger charge is -2.19. The van der Waals surface area contributed by atoms with Crippen molar-refractivity contribution in [1.82, 2.24) is 25.1 Å². The third-order valence-corrected chi connectivity index (χ3v) is 5.26. The maximum Gasteiger partial charge on any atom is 0.225 e. The molecule has 1 unspecified atom stereocenters. The quantitative estimate of drug-likeness (QED) is 0.809. The maximum atomic E-state index is 12.5. The van der Waals surface area contributed by atoms with E-state index >= 15 is 0 Å². The van der Waals surface area contributed by atoms with Crippen LogP contribution in [0.1, 0.15) is 42.0 Å². The van der Waals surface area contributed by atoms with Gasteiger partial charge in [0.05, 0.1) is 12.5 Å². The lowest BCUT2D eigenvalue weighted by molar-refractivity contribution is -0.129. The van der Waals surface area contributed by atoms with Crippen LogP contribution in [0.5, 0.6) is 0 Å². The van der Waals surface area contributed by atoms with E-state index in [4.69, 9.17) is 0 Å². The molecule has 1 N–H and O–H groups in total. The molecule has 1 aliphatic heterocycles. The van der Waals surface area contributed by atoms with E-state index in [0.29, 0.717) is 31.9 Å². The molecule has 1 atom stereocenters. The molecule has 1 aliphatic carbocycles. The lowest BCUT2D eigenvalue weighted by atomic mass is 9.95. The minimum Gasteiger partial charge on any atom is -0.348 e. The highest BCUT2D eigenvalue weighted by atomic mass is 16.2. The van der Waals surface area contributed by atoms with Crippen molar-refractivity contribution in [1.29, 1.82) is 0 Å². The highest BCUT2D eigenvalue weighted by Crippen LogP contribution is 2.22. The number of nitrogens with one attached hydrogen (secondary N) is 1. The highest BCUT2D eigenvalue weighted by molar-refractivity contribution is 5.89. The van der Waals surface area contributed by atoms with Gasteiger partial charge in [-0.15, -0.1) is 0 Å². The number of rotatable bonds is 6. The minimum absolute atomic E-state index is 0.0628. The largest absolute Gasteiger partial charge is 0.348 e. The molecule has 1 saturated heterocycles. The smallest absolute Gasteiger partial charge is 0.225 e. The standard InChI is InChI=1S/C19H29N5O2/c1-13-15-6-4-5-7-16(15)22-17(21-13)11-20-19(26)14-10-18(25)24(12-14)9-8-23(2)3/h14H,4-12H2,1-3H3,(H,20,26). The Morgan fingerprint density at radius 1 is 1.27 bits per heavy atom. The Morgan fingerprint density at radius 2 is 2.04 bits per heavy atom. The first kappa shape index (κ1) is 18.8. The van der Waals surface area contributed by atoms with E-state index in [1.807, 2.05) is 25.9 Å². The third-order valence-electron chi connectivity index (χ3n) is 5.26. The molecule has 0 radical (unpaired) electrons. The van der Waals surface area contributed by atoms with E-state index in [0.717, 1.165) is 30.8 Å². The summed E-state index contributed by atoms with van der Waals surface area (Å²) in [6.07, 6.45) is 4.72. The SMILES string of the molecule is Cc1nc(CNC(=O)C2CC(=O)N(CCN(C)C)C2)nc2c1CCCC2. The fourth-order valence-electron chi connectivity index (χ4n) is 3.72. The van der Waals surface area contributed by atoms with E-state index in [1.54, 1.807) is 4.90 Å². The monoisotopic (exact) mass is 359 g/mol. The molecule has 26 heavy (non-hydrogen) atoms. The van der Waals surface area contributed by atoms with E-state index < -0.39 is 0 Å². The van der Waals surface area contributed by atoms with Crippen molar-refractivity contribution < 1.29 is 9.59 Å². The van der Waals surface area contributed by atoms with Crippen molar-refractivity contribution in [3.8, 4) is 0 Å².